The summed E-state index contributed by atoms with van der Waals surface area (Å²) < 4.78 is 0. The number of aliphatic carboxylic acids is 1. The molecule has 1 aliphatic heterocycles. The van der Waals surface area contributed by atoms with Gasteiger partial charge in [0.1, 0.15) is 6.04 Å². The molecule has 4 atom stereocenters. The number of carbonyl (C=O) groups excluding carboxylic acids is 1. The van der Waals surface area contributed by atoms with Crippen LogP contribution in [-0.4, -0.2) is 42.2 Å². The molecule has 2 fully saturated rings. The van der Waals surface area contributed by atoms with Gasteiger partial charge in [0.25, 0.3) is 0 Å². The zero-order chi connectivity index (χ0) is 13.8. The quantitative estimate of drug-likeness (QED) is 0.548. The molecule has 6 nitrogen and oxygen atoms in total. The Bertz CT molecular complexity index is 348. The van der Waals surface area contributed by atoms with Crippen LogP contribution in [0, 0.1) is 11.8 Å². The number of nitrogens with one attached hydrogen (secondary N) is 2. The van der Waals surface area contributed by atoms with Gasteiger partial charge in [-0.15, -0.1) is 0 Å². The first-order valence-corrected chi connectivity index (χ1v) is 7.07. The van der Waals surface area contributed by atoms with Gasteiger partial charge in [-0.05, 0) is 37.6 Å². The van der Waals surface area contributed by atoms with Gasteiger partial charge in [0.05, 0.1) is 6.54 Å². The molecule has 0 aromatic carbocycles. The molecule has 1 heterocycles. The van der Waals surface area contributed by atoms with E-state index in [2.05, 4.69) is 10.6 Å². The minimum absolute atomic E-state index is 0.168. The highest BCUT2D eigenvalue weighted by Crippen LogP contribution is 2.36. The topological polar surface area (TPSA) is 104 Å². The van der Waals surface area contributed by atoms with E-state index in [4.69, 9.17) is 5.73 Å². The molecule has 1 amide bonds. The lowest BCUT2D eigenvalue weighted by Gasteiger charge is -2.29. The Balaban J connectivity index is 1.93. The fraction of sp³-hybridized carbons (Fsp3) is 0.846. The molecule has 5 N–H and O–H groups in total. The highest BCUT2D eigenvalue weighted by atomic mass is 16.4. The molecule has 1 aliphatic carbocycles. The maximum atomic E-state index is 11.3. The minimum atomic E-state index is -0.971. The minimum Gasteiger partial charge on any atom is -0.480 e. The van der Waals surface area contributed by atoms with E-state index in [1.165, 1.54) is 25.7 Å². The summed E-state index contributed by atoms with van der Waals surface area (Å²) in [6, 6.07) is -0.276. The largest absolute Gasteiger partial charge is 0.480 e. The second-order valence-electron chi connectivity index (χ2n) is 5.62. The van der Waals surface area contributed by atoms with Crippen molar-refractivity contribution in [2.75, 3.05) is 13.1 Å². The van der Waals surface area contributed by atoms with E-state index < -0.39 is 17.9 Å². The highest BCUT2D eigenvalue weighted by Gasteiger charge is 2.39. The van der Waals surface area contributed by atoms with Crippen LogP contribution in [0.25, 0.3) is 0 Å². The molecule has 1 saturated heterocycles. The van der Waals surface area contributed by atoms with Crippen LogP contribution < -0.4 is 16.4 Å². The van der Waals surface area contributed by atoms with Crippen molar-refractivity contribution in [3.63, 3.8) is 0 Å². The Kier molecular flexibility index (Phi) is 4.76. The van der Waals surface area contributed by atoms with E-state index in [1.54, 1.807) is 0 Å². The third-order valence-corrected chi connectivity index (χ3v) is 4.42. The number of amides is 1. The number of carboxylic acid groups (broad SMARTS) is 1. The van der Waals surface area contributed by atoms with E-state index in [-0.39, 0.29) is 6.54 Å². The lowest BCUT2D eigenvalue weighted by Crippen LogP contribution is -2.45. The average Bonchev–Trinajstić information content (AvgIpc) is 2.81. The van der Waals surface area contributed by atoms with E-state index in [9.17, 15) is 14.7 Å². The molecule has 19 heavy (non-hydrogen) atoms. The molecule has 108 valence electrons. The number of hydrogen-bond donors (Lipinski definition) is 4. The van der Waals surface area contributed by atoms with Gasteiger partial charge >= 0.3 is 5.97 Å². The van der Waals surface area contributed by atoms with Crippen molar-refractivity contribution in [2.24, 2.45) is 17.6 Å². The van der Waals surface area contributed by atoms with Crippen LogP contribution in [0.3, 0.4) is 0 Å². The summed E-state index contributed by atoms with van der Waals surface area (Å²) in [5.41, 5.74) is 5.22. The second kappa shape index (κ2) is 6.34. The van der Waals surface area contributed by atoms with E-state index in [0.29, 0.717) is 24.3 Å². The van der Waals surface area contributed by atoms with Crippen LogP contribution in [0.15, 0.2) is 0 Å². The fourth-order valence-corrected chi connectivity index (χ4v) is 3.47. The third kappa shape index (κ3) is 3.45. The predicted molar refractivity (Wildman–Crippen MR) is 70.5 cm³/mol. The first-order chi connectivity index (χ1) is 9.11. The van der Waals surface area contributed by atoms with Crippen molar-refractivity contribution >= 4 is 11.9 Å². The van der Waals surface area contributed by atoms with Crippen LogP contribution in [0.4, 0.5) is 0 Å². The molecule has 6 heteroatoms. The van der Waals surface area contributed by atoms with Crippen LogP contribution >= 0.6 is 0 Å². The van der Waals surface area contributed by atoms with Crippen molar-refractivity contribution in [1.82, 2.24) is 10.6 Å². The molecular weight excluding hydrogens is 246 g/mol. The van der Waals surface area contributed by atoms with Crippen LogP contribution in [-0.2, 0) is 9.59 Å². The standard InChI is InChI=1S/C13H23N3O3/c14-6-12(17)16-11(13(18)19)5-8-7-15-10-4-2-1-3-9(8)10/h8-11,15H,1-7,14H2,(H,16,17)(H,18,19). The Morgan fingerprint density at radius 1 is 1.37 bits per heavy atom. The number of carboxylic acids is 1. The van der Waals surface area contributed by atoms with Crippen LogP contribution in [0.2, 0.25) is 0 Å². The van der Waals surface area contributed by atoms with Gasteiger partial charge in [0.2, 0.25) is 5.91 Å². The molecular formula is C13H23N3O3. The lowest BCUT2D eigenvalue weighted by molar-refractivity contribution is -0.142. The summed E-state index contributed by atoms with van der Waals surface area (Å²) in [6.07, 6.45) is 5.34. The number of rotatable bonds is 5. The molecule has 0 spiro atoms. The highest BCUT2D eigenvalue weighted by molar-refractivity contribution is 5.84. The summed E-state index contributed by atoms with van der Waals surface area (Å²) in [6.45, 7) is 0.691. The van der Waals surface area contributed by atoms with Gasteiger partial charge in [0, 0.05) is 6.04 Å². The number of nitrogens with two attached hydrogens (primary N) is 1. The van der Waals surface area contributed by atoms with Gasteiger partial charge in [-0.3, -0.25) is 4.79 Å². The SMILES string of the molecule is NCC(=O)NC(CC1CNC2CCCCC12)C(=O)O. The number of carbonyl (C=O) groups is 2. The average molecular weight is 269 g/mol. The molecule has 1 saturated carbocycles. The second-order valence-corrected chi connectivity index (χ2v) is 5.62. The zero-order valence-corrected chi connectivity index (χ0v) is 11.1. The summed E-state index contributed by atoms with van der Waals surface area (Å²) in [5.74, 6) is -0.477. The van der Waals surface area contributed by atoms with Gasteiger partial charge in [-0.25, -0.2) is 4.79 Å². The Morgan fingerprint density at radius 3 is 2.79 bits per heavy atom. The van der Waals surface area contributed by atoms with E-state index >= 15 is 0 Å². The molecule has 0 aromatic heterocycles. The Morgan fingerprint density at radius 2 is 2.11 bits per heavy atom. The van der Waals surface area contributed by atoms with Gasteiger partial charge in [-0.2, -0.15) is 0 Å². The first-order valence-electron chi connectivity index (χ1n) is 7.07. The number of fused-ring (bicyclic) bond motifs is 1. The smallest absolute Gasteiger partial charge is 0.326 e. The first kappa shape index (κ1) is 14.3. The summed E-state index contributed by atoms with van der Waals surface area (Å²) in [4.78, 5) is 22.5. The summed E-state index contributed by atoms with van der Waals surface area (Å²) in [5, 5.41) is 15.2. The molecule has 2 rings (SSSR count). The molecule has 0 radical (unpaired) electrons. The normalized spacial score (nSPS) is 31.5. The maximum absolute atomic E-state index is 11.3. The third-order valence-electron chi connectivity index (χ3n) is 4.42. The molecule has 0 bridgehead atoms. The molecule has 4 unspecified atom stereocenters. The van der Waals surface area contributed by atoms with E-state index in [0.717, 1.165) is 6.54 Å². The maximum Gasteiger partial charge on any atom is 0.326 e. The lowest BCUT2D eigenvalue weighted by atomic mass is 9.77. The predicted octanol–water partition coefficient (Wildman–Crippen LogP) is -0.317. The Labute approximate surface area is 113 Å². The van der Waals surface area contributed by atoms with Crippen LogP contribution in [0.5, 0.6) is 0 Å². The van der Waals surface area contributed by atoms with Gasteiger partial charge < -0.3 is 21.5 Å². The van der Waals surface area contributed by atoms with E-state index in [1.807, 2.05) is 0 Å². The monoisotopic (exact) mass is 269 g/mol. The summed E-state index contributed by atoms with van der Waals surface area (Å²) >= 11 is 0. The molecule has 2 aliphatic rings. The Hall–Kier alpha value is -1.14. The molecule has 0 aromatic rings. The fourth-order valence-electron chi connectivity index (χ4n) is 3.47. The van der Waals surface area contributed by atoms with Crippen LogP contribution in [0.1, 0.15) is 32.1 Å². The summed E-state index contributed by atoms with van der Waals surface area (Å²) in [7, 11) is 0. The van der Waals surface area contributed by atoms with Gasteiger partial charge in [-0.1, -0.05) is 12.8 Å². The van der Waals surface area contributed by atoms with Crippen molar-refractivity contribution < 1.29 is 14.7 Å². The van der Waals surface area contributed by atoms with Crippen molar-refractivity contribution in [3.8, 4) is 0 Å². The zero-order valence-electron chi connectivity index (χ0n) is 11.1. The number of hydrogen-bond acceptors (Lipinski definition) is 4. The van der Waals surface area contributed by atoms with Crippen molar-refractivity contribution in [1.29, 1.82) is 0 Å². The van der Waals surface area contributed by atoms with Gasteiger partial charge in [0.15, 0.2) is 0 Å². The van der Waals surface area contributed by atoms with Crippen molar-refractivity contribution in [2.45, 2.75) is 44.2 Å². The van der Waals surface area contributed by atoms with Crippen molar-refractivity contribution in [3.05, 3.63) is 0 Å².